The molecular formula is C34H44N4O8. The molecule has 248 valence electrons. The summed E-state index contributed by atoms with van der Waals surface area (Å²) in [6.45, 7) is 1.34. The predicted molar refractivity (Wildman–Crippen MR) is 182 cm³/mol. The Kier molecular flexibility index (Phi) is 13.6. The van der Waals surface area contributed by atoms with Crippen molar-refractivity contribution in [3.63, 3.8) is 0 Å². The summed E-state index contributed by atoms with van der Waals surface area (Å²) in [6.07, 6.45) is 0. The van der Waals surface area contributed by atoms with Gasteiger partial charge in [-0.1, -0.05) is 0 Å². The number of phenols is 2. The van der Waals surface area contributed by atoms with E-state index in [0.29, 0.717) is 60.2 Å². The van der Waals surface area contributed by atoms with E-state index in [0.717, 1.165) is 22.5 Å². The van der Waals surface area contributed by atoms with E-state index in [-0.39, 0.29) is 37.9 Å². The van der Waals surface area contributed by atoms with Crippen LogP contribution in [0, 0.1) is 0 Å². The van der Waals surface area contributed by atoms with Crippen molar-refractivity contribution in [2.75, 3.05) is 88.1 Å². The number of aliphatic hydroxyl groups excluding tert-OH is 4. The predicted octanol–water partition coefficient (Wildman–Crippen LogP) is 2.88. The fraction of sp³-hybridized carbons (Fsp3) is 0.294. The molecule has 0 amide bonds. The van der Waals surface area contributed by atoms with Crippen molar-refractivity contribution in [3.05, 3.63) is 72.8 Å². The van der Waals surface area contributed by atoms with Gasteiger partial charge >= 0.3 is 0 Å². The van der Waals surface area contributed by atoms with Gasteiger partial charge in [-0.25, -0.2) is 0 Å². The molecule has 0 aromatic heterocycles. The van der Waals surface area contributed by atoms with E-state index in [1.54, 1.807) is 49.5 Å². The van der Waals surface area contributed by atoms with Crippen molar-refractivity contribution in [3.8, 4) is 45.3 Å². The molecule has 0 unspecified atom stereocenters. The van der Waals surface area contributed by atoms with Gasteiger partial charge < -0.3 is 61.4 Å². The number of hydrogen-bond donors (Lipinski definition) is 8. The zero-order valence-electron chi connectivity index (χ0n) is 26.1. The molecule has 0 saturated carbocycles. The van der Waals surface area contributed by atoms with Gasteiger partial charge in [0.25, 0.3) is 0 Å². The number of hydrogen-bond acceptors (Lipinski definition) is 12. The summed E-state index contributed by atoms with van der Waals surface area (Å²) in [5.74, 6) is 1.29. The molecule has 0 radical (unpaired) electrons. The average molecular weight is 637 g/mol. The number of rotatable bonds is 14. The summed E-state index contributed by atoms with van der Waals surface area (Å²) in [6, 6.07) is 20.6. The molecule has 4 aromatic carbocycles. The molecular weight excluding hydrogens is 592 g/mol. The number of nitrogens with zero attached hydrogens (tertiary/aromatic N) is 2. The van der Waals surface area contributed by atoms with E-state index >= 15 is 0 Å². The highest BCUT2D eigenvalue weighted by atomic mass is 16.5. The molecule has 0 saturated heterocycles. The third kappa shape index (κ3) is 9.08. The molecule has 4 rings (SSSR count). The zero-order valence-corrected chi connectivity index (χ0v) is 26.1. The van der Waals surface area contributed by atoms with Crippen LogP contribution in [0.1, 0.15) is 0 Å². The molecule has 0 aliphatic rings. The summed E-state index contributed by atoms with van der Waals surface area (Å²) < 4.78 is 10.8. The number of ether oxygens (including phenoxy) is 2. The first-order chi connectivity index (χ1) is 22.2. The number of methoxy groups -OCH3 is 2. The van der Waals surface area contributed by atoms with Crippen LogP contribution >= 0.6 is 0 Å². The minimum atomic E-state index is -0.0696. The van der Waals surface area contributed by atoms with Crippen molar-refractivity contribution in [2.45, 2.75) is 0 Å². The van der Waals surface area contributed by atoms with Gasteiger partial charge in [-0.2, -0.15) is 0 Å². The average Bonchev–Trinajstić information content (AvgIpc) is 3.04. The molecule has 0 spiro atoms. The highest BCUT2D eigenvalue weighted by Gasteiger charge is 2.18. The van der Waals surface area contributed by atoms with Crippen LogP contribution < -0.4 is 30.7 Å². The summed E-state index contributed by atoms with van der Waals surface area (Å²) in [4.78, 5) is 3.72. The van der Waals surface area contributed by atoms with Crippen molar-refractivity contribution in [1.82, 2.24) is 0 Å². The lowest BCUT2D eigenvalue weighted by molar-refractivity contribution is 0.280. The van der Waals surface area contributed by atoms with Crippen LogP contribution in [0.15, 0.2) is 72.8 Å². The van der Waals surface area contributed by atoms with Gasteiger partial charge in [0.2, 0.25) is 0 Å². The van der Waals surface area contributed by atoms with Gasteiger partial charge in [0, 0.05) is 77.2 Å². The first-order valence-corrected chi connectivity index (χ1v) is 14.7. The standard InChI is InChI=1S/C18H24N2O4.C16H20N2O4/c1-23-14-4-6-18(24-2)16(12-14)15-11-13(19)3-5-17(15)20(7-9-21)8-10-22;17-11-1-4-15(18(5-7-19)6-8-20)14(9-11)13-3-2-12(21)10-16(13)22/h3-6,11-12,21-22H,7-10,19H2,1-2H3;1-4,9-10,19-22H,5-8,17H2. The van der Waals surface area contributed by atoms with Gasteiger partial charge in [0.15, 0.2) is 0 Å². The van der Waals surface area contributed by atoms with E-state index in [2.05, 4.69) is 0 Å². The van der Waals surface area contributed by atoms with E-state index in [1.165, 1.54) is 12.1 Å². The van der Waals surface area contributed by atoms with Gasteiger partial charge in [-0.15, -0.1) is 0 Å². The Balaban J connectivity index is 0.000000251. The zero-order chi connectivity index (χ0) is 33.6. The smallest absolute Gasteiger partial charge is 0.127 e. The number of phenolic OH excluding ortho intramolecular Hbond substituents is 2. The molecule has 0 aliphatic heterocycles. The number of benzene rings is 4. The number of nitrogens with two attached hydrogens (primary N) is 2. The molecule has 0 atom stereocenters. The number of aromatic hydroxyl groups is 2. The first-order valence-electron chi connectivity index (χ1n) is 14.7. The van der Waals surface area contributed by atoms with Crippen molar-refractivity contribution < 1.29 is 40.1 Å². The monoisotopic (exact) mass is 636 g/mol. The van der Waals surface area contributed by atoms with Crippen LogP contribution in [0.5, 0.6) is 23.0 Å². The van der Waals surface area contributed by atoms with Gasteiger partial charge in [-0.05, 0) is 66.7 Å². The van der Waals surface area contributed by atoms with Crippen LogP contribution in [-0.2, 0) is 0 Å². The second-order valence-corrected chi connectivity index (χ2v) is 10.2. The number of anilines is 4. The topological polar surface area (TPSA) is 198 Å². The number of aliphatic hydroxyl groups is 4. The van der Waals surface area contributed by atoms with Gasteiger partial charge in [0.05, 0.1) is 40.6 Å². The summed E-state index contributed by atoms with van der Waals surface area (Å²) in [5, 5.41) is 56.6. The molecule has 4 aromatic rings. The molecule has 0 aliphatic carbocycles. The number of nitrogen functional groups attached to an aromatic ring is 2. The Morgan fingerprint density at radius 2 is 1.04 bits per heavy atom. The van der Waals surface area contributed by atoms with E-state index in [4.69, 9.17) is 20.9 Å². The van der Waals surface area contributed by atoms with Gasteiger partial charge in [-0.3, -0.25) is 0 Å². The van der Waals surface area contributed by atoms with Crippen molar-refractivity contribution in [1.29, 1.82) is 0 Å². The third-order valence-electron chi connectivity index (χ3n) is 7.17. The van der Waals surface area contributed by atoms with E-state index in [9.17, 15) is 30.6 Å². The Morgan fingerprint density at radius 3 is 1.48 bits per heavy atom. The maximum atomic E-state index is 10.1. The molecule has 0 fully saturated rings. The largest absolute Gasteiger partial charge is 0.508 e. The maximum Gasteiger partial charge on any atom is 0.127 e. The van der Waals surface area contributed by atoms with Crippen LogP contribution in [0.2, 0.25) is 0 Å². The van der Waals surface area contributed by atoms with Gasteiger partial charge in [0.1, 0.15) is 23.0 Å². The summed E-state index contributed by atoms with van der Waals surface area (Å²) in [7, 11) is 3.21. The Morgan fingerprint density at radius 1 is 0.543 bits per heavy atom. The molecule has 10 N–H and O–H groups in total. The molecule has 12 heteroatoms. The lowest BCUT2D eigenvalue weighted by Gasteiger charge is -2.26. The fourth-order valence-electron chi connectivity index (χ4n) is 5.05. The SMILES string of the molecule is COc1ccc(OC)c(-c2cc(N)ccc2N(CCO)CCO)c1.Nc1ccc(N(CCO)CCO)c(-c2ccc(O)cc2O)c1. The fourth-order valence-corrected chi connectivity index (χ4v) is 5.05. The Labute approximate surface area is 268 Å². The quantitative estimate of drug-likeness (QED) is 0.0944. The second-order valence-electron chi connectivity index (χ2n) is 10.2. The van der Waals surface area contributed by atoms with Crippen LogP contribution in [-0.4, -0.2) is 97.5 Å². The lowest BCUT2D eigenvalue weighted by Crippen LogP contribution is -2.30. The van der Waals surface area contributed by atoms with Crippen molar-refractivity contribution in [2.24, 2.45) is 0 Å². The minimum absolute atomic E-state index is 0.0148. The minimum Gasteiger partial charge on any atom is -0.508 e. The van der Waals surface area contributed by atoms with Crippen molar-refractivity contribution >= 4 is 22.7 Å². The highest BCUT2D eigenvalue weighted by Crippen LogP contribution is 2.41. The van der Waals surface area contributed by atoms with Crippen LogP contribution in [0.3, 0.4) is 0 Å². The third-order valence-corrected chi connectivity index (χ3v) is 7.17. The highest BCUT2D eigenvalue weighted by molar-refractivity contribution is 5.86. The van der Waals surface area contributed by atoms with Crippen LogP contribution in [0.4, 0.5) is 22.7 Å². The maximum absolute atomic E-state index is 10.1. The van der Waals surface area contributed by atoms with Crippen LogP contribution in [0.25, 0.3) is 22.3 Å². The summed E-state index contributed by atoms with van der Waals surface area (Å²) in [5.41, 5.74) is 17.4. The second kappa shape index (κ2) is 17.6. The van der Waals surface area contributed by atoms with E-state index < -0.39 is 0 Å². The normalized spacial score (nSPS) is 10.6. The molecule has 0 heterocycles. The molecule has 12 nitrogen and oxygen atoms in total. The lowest BCUT2D eigenvalue weighted by atomic mass is 10.0. The first kappa shape index (κ1) is 35.6. The summed E-state index contributed by atoms with van der Waals surface area (Å²) >= 11 is 0. The Hall–Kier alpha value is -4.88. The Bertz CT molecular complexity index is 1540. The van der Waals surface area contributed by atoms with E-state index in [1.807, 2.05) is 35.2 Å². The molecule has 0 bridgehead atoms. The molecule has 46 heavy (non-hydrogen) atoms.